The molecule has 0 radical (unpaired) electrons. The van der Waals surface area contributed by atoms with E-state index in [2.05, 4.69) is 20.7 Å². The third-order valence-corrected chi connectivity index (χ3v) is 13.3. The quantitative estimate of drug-likeness (QED) is 0.319. The third-order valence-electron chi connectivity index (χ3n) is 11.3. The zero-order chi connectivity index (χ0) is 36.6. The Balaban J connectivity index is 1.12. The molecule has 6 aliphatic rings. The summed E-state index contributed by atoms with van der Waals surface area (Å²) >= 11 is 6.16. The van der Waals surface area contributed by atoms with E-state index >= 15 is 0 Å². The molecule has 282 valence electrons. The number of nitrogens with one attached hydrogen (secondary N) is 4. The molecular weight excluding hydrogens is 712 g/mol. The van der Waals surface area contributed by atoms with Gasteiger partial charge in [0.1, 0.15) is 23.7 Å². The van der Waals surface area contributed by atoms with Gasteiger partial charge >= 0.3 is 12.1 Å². The molecule has 5 atom stereocenters. The van der Waals surface area contributed by atoms with E-state index in [1.807, 2.05) is 18.2 Å². The van der Waals surface area contributed by atoms with Crippen LogP contribution in [0.1, 0.15) is 94.6 Å². The molecule has 7 rings (SSSR count). The first-order chi connectivity index (χ1) is 24.9. The lowest BCUT2D eigenvalue weighted by molar-refractivity contribution is -0.141. The second kappa shape index (κ2) is 14.9. The maximum absolute atomic E-state index is 14.4. The van der Waals surface area contributed by atoms with Crippen molar-refractivity contribution in [1.82, 2.24) is 30.5 Å². The van der Waals surface area contributed by atoms with Gasteiger partial charge in [0.2, 0.25) is 21.8 Å². The molecule has 3 aliphatic heterocycles. The summed E-state index contributed by atoms with van der Waals surface area (Å²) in [5.74, 6) is -2.38. The van der Waals surface area contributed by atoms with Crippen LogP contribution in [0.2, 0.25) is 5.02 Å². The highest BCUT2D eigenvalue weighted by atomic mass is 35.5. The molecule has 14 nitrogen and oxygen atoms in total. The highest BCUT2D eigenvalue weighted by Crippen LogP contribution is 2.46. The molecule has 52 heavy (non-hydrogen) atoms. The van der Waals surface area contributed by atoms with E-state index in [1.165, 1.54) is 9.80 Å². The number of carbonyl (C=O) groups is 5. The fourth-order valence-corrected chi connectivity index (χ4v) is 9.57. The standard InChI is InChI=1S/C36H47ClN6O8S/c37-25-13-12-22-19-42(20-23(22)16-25)35(48)51-27-17-30-31(44)40-36(33(46)41-52(49,50)28-14-15-28)18-24(36)8-4-2-1-3-5-11-29(32(45)43(30)21-27)39-34(47)38-26-9-6-7-10-26/h4,8,12-13,16,24,26-30H,1-3,5-7,9-11,14-15,17-21H2,(H,40,44)(H,41,46)(H2,38,39,47)/b8-4+/t24-,27-,29+,30+,36-/m1/s1. The van der Waals surface area contributed by atoms with Gasteiger partial charge in [-0.15, -0.1) is 0 Å². The molecule has 0 spiro atoms. The van der Waals surface area contributed by atoms with Crippen molar-refractivity contribution in [2.45, 2.75) is 132 Å². The number of fused-ring (bicyclic) bond motifs is 3. The fourth-order valence-electron chi connectivity index (χ4n) is 8.01. The number of urea groups is 1. The number of rotatable bonds is 6. The van der Waals surface area contributed by atoms with Crippen molar-refractivity contribution >= 4 is 51.5 Å². The zero-order valence-corrected chi connectivity index (χ0v) is 30.7. The summed E-state index contributed by atoms with van der Waals surface area (Å²) in [7, 11) is -3.89. The van der Waals surface area contributed by atoms with E-state index in [0.29, 0.717) is 50.2 Å². The molecule has 1 aromatic rings. The number of nitrogens with zero attached hydrogens (tertiary/aromatic N) is 2. The normalized spacial score (nSPS) is 30.2. The molecule has 16 heteroatoms. The molecule has 3 aliphatic carbocycles. The van der Waals surface area contributed by atoms with Gasteiger partial charge < -0.3 is 25.6 Å². The van der Waals surface area contributed by atoms with Crippen LogP contribution in [0.15, 0.2) is 30.4 Å². The Morgan fingerprint density at radius 2 is 1.69 bits per heavy atom. The van der Waals surface area contributed by atoms with E-state index in [1.54, 1.807) is 12.1 Å². The smallest absolute Gasteiger partial charge is 0.410 e. The Labute approximate surface area is 308 Å². The van der Waals surface area contributed by atoms with E-state index in [9.17, 15) is 32.4 Å². The lowest BCUT2D eigenvalue weighted by atomic mass is 10.0. The molecule has 6 amide bonds. The first-order valence-electron chi connectivity index (χ1n) is 18.6. The van der Waals surface area contributed by atoms with Crippen LogP contribution in [0.25, 0.3) is 0 Å². The van der Waals surface area contributed by atoms with Crippen LogP contribution in [0.4, 0.5) is 9.59 Å². The molecule has 3 saturated carbocycles. The van der Waals surface area contributed by atoms with Crippen molar-refractivity contribution < 1.29 is 37.1 Å². The first-order valence-corrected chi connectivity index (χ1v) is 20.5. The van der Waals surface area contributed by atoms with Gasteiger partial charge in [-0.25, -0.2) is 18.0 Å². The van der Waals surface area contributed by atoms with Crippen LogP contribution in [0.3, 0.4) is 0 Å². The monoisotopic (exact) mass is 758 g/mol. The molecule has 1 aromatic carbocycles. The minimum Gasteiger partial charge on any atom is -0.444 e. The van der Waals surface area contributed by atoms with Crippen molar-refractivity contribution in [3.05, 3.63) is 46.5 Å². The molecule has 0 aromatic heterocycles. The van der Waals surface area contributed by atoms with Gasteiger partial charge in [0.05, 0.1) is 11.8 Å². The molecule has 1 saturated heterocycles. The van der Waals surface area contributed by atoms with Crippen LogP contribution in [-0.4, -0.2) is 89.6 Å². The number of halogens is 1. The number of amides is 6. The second-order valence-electron chi connectivity index (χ2n) is 15.2. The number of allylic oxidation sites excluding steroid dienone is 1. The van der Waals surface area contributed by atoms with E-state index in [0.717, 1.165) is 49.7 Å². The Morgan fingerprint density at radius 1 is 0.942 bits per heavy atom. The lowest BCUT2D eigenvalue weighted by Gasteiger charge is -2.30. The summed E-state index contributed by atoms with van der Waals surface area (Å²) in [6.07, 6.45) is 10.5. The first kappa shape index (κ1) is 36.5. The Morgan fingerprint density at radius 3 is 2.46 bits per heavy atom. The fraction of sp³-hybridized carbons (Fsp3) is 0.639. The number of hydrogen-bond donors (Lipinski definition) is 4. The molecular formula is C36H47ClN6O8S. The number of hydrogen-bond acceptors (Lipinski definition) is 8. The molecule has 3 heterocycles. The Kier molecular flexibility index (Phi) is 10.4. The van der Waals surface area contributed by atoms with Gasteiger partial charge in [0.25, 0.3) is 5.91 Å². The highest BCUT2D eigenvalue weighted by molar-refractivity contribution is 7.91. The van der Waals surface area contributed by atoms with Gasteiger partial charge in [-0.3, -0.25) is 24.0 Å². The topological polar surface area (TPSA) is 183 Å². The zero-order valence-electron chi connectivity index (χ0n) is 29.1. The molecule has 0 bridgehead atoms. The average molecular weight is 759 g/mol. The predicted molar refractivity (Wildman–Crippen MR) is 190 cm³/mol. The van der Waals surface area contributed by atoms with Crippen LogP contribution in [0, 0.1) is 5.92 Å². The Hall–Kier alpha value is -3.85. The minimum atomic E-state index is -3.89. The number of sulfonamides is 1. The summed E-state index contributed by atoms with van der Waals surface area (Å²) in [5.41, 5.74) is 0.337. The summed E-state index contributed by atoms with van der Waals surface area (Å²) in [6, 6.07) is 2.91. The predicted octanol–water partition coefficient (Wildman–Crippen LogP) is 3.38. The van der Waals surface area contributed by atoms with E-state index in [-0.39, 0.29) is 25.4 Å². The van der Waals surface area contributed by atoms with Crippen LogP contribution in [-0.2, 0) is 42.2 Å². The van der Waals surface area contributed by atoms with Crippen molar-refractivity contribution in [3.8, 4) is 0 Å². The van der Waals surface area contributed by atoms with Gasteiger partial charge in [-0.05, 0) is 74.6 Å². The third kappa shape index (κ3) is 8.04. The molecule has 4 N–H and O–H groups in total. The maximum Gasteiger partial charge on any atom is 0.410 e. The maximum atomic E-state index is 14.4. The summed E-state index contributed by atoms with van der Waals surface area (Å²) < 4.78 is 33.7. The molecule has 0 unspecified atom stereocenters. The van der Waals surface area contributed by atoms with Crippen molar-refractivity contribution in [2.24, 2.45) is 5.92 Å². The number of carbonyl (C=O) groups excluding carboxylic acids is 5. The lowest BCUT2D eigenvalue weighted by Crippen LogP contribution is -2.59. The largest absolute Gasteiger partial charge is 0.444 e. The highest BCUT2D eigenvalue weighted by Gasteiger charge is 2.62. The summed E-state index contributed by atoms with van der Waals surface area (Å²) in [5, 5.41) is 8.61. The molecule has 4 fully saturated rings. The van der Waals surface area contributed by atoms with Crippen LogP contribution < -0.4 is 20.7 Å². The number of benzene rings is 1. The average Bonchev–Trinajstić information content (AvgIpc) is 3.89. The van der Waals surface area contributed by atoms with Crippen molar-refractivity contribution in [3.63, 3.8) is 0 Å². The van der Waals surface area contributed by atoms with Gasteiger partial charge in [0.15, 0.2) is 0 Å². The van der Waals surface area contributed by atoms with Gasteiger partial charge in [-0.2, -0.15) is 0 Å². The number of ether oxygens (including phenoxy) is 1. The van der Waals surface area contributed by atoms with E-state index in [4.69, 9.17) is 16.3 Å². The van der Waals surface area contributed by atoms with Gasteiger partial charge in [0, 0.05) is 36.5 Å². The Bertz CT molecular complexity index is 1750. The summed E-state index contributed by atoms with van der Waals surface area (Å²) in [6.45, 7) is 0.520. The summed E-state index contributed by atoms with van der Waals surface area (Å²) in [4.78, 5) is 71.7. The SMILES string of the molecule is O=C(NC1CCCC1)N[C@H]1CCCCC/C=C/[C@@H]2C[C@@]2(C(=O)NS(=O)(=O)C2CC2)NC(=O)[C@@H]2C[C@@H](OC(=O)N3Cc4ccc(Cl)cc4C3)CN2C1=O. The van der Waals surface area contributed by atoms with Gasteiger partial charge in [-0.1, -0.05) is 55.5 Å². The second-order valence-corrected chi connectivity index (χ2v) is 17.6. The van der Waals surface area contributed by atoms with Crippen LogP contribution >= 0.6 is 11.6 Å². The van der Waals surface area contributed by atoms with Crippen LogP contribution in [0.5, 0.6) is 0 Å². The van der Waals surface area contributed by atoms with Crippen molar-refractivity contribution in [1.29, 1.82) is 0 Å². The van der Waals surface area contributed by atoms with Crippen molar-refractivity contribution in [2.75, 3.05) is 6.54 Å². The minimum absolute atomic E-state index is 0.0311. The van der Waals surface area contributed by atoms with E-state index < -0.39 is 74.8 Å².